The summed E-state index contributed by atoms with van der Waals surface area (Å²) in [6, 6.07) is 7.18. The fourth-order valence-corrected chi connectivity index (χ4v) is 2.56. The molecule has 3 N–H and O–H groups in total. The second kappa shape index (κ2) is 7.58. The van der Waals surface area contributed by atoms with Gasteiger partial charge in [-0.05, 0) is 36.6 Å². The quantitative estimate of drug-likeness (QED) is 0.822. The molecule has 0 spiro atoms. The molecule has 1 atom stereocenters. The number of nitrogens with one attached hydrogen (secondary N) is 1. The van der Waals surface area contributed by atoms with Crippen LogP contribution in [0.3, 0.4) is 0 Å². The average Bonchev–Trinajstić information content (AvgIpc) is 2.53. The number of rotatable bonds is 4. The van der Waals surface area contributed by atoms with Gasteiger partial charge < -0.3 is 16.0 Å². The Morgan fingerprint density at radius 2 is 1.96 bits per heavy atom. The normalized spacial score (nSPS) is 18.0. The summed E-state index contributed by atoms with van der Waals surface area (Å²) >= 11 is 0. The van der Waals surface area contributed by atoms with Crippen molar-refractivity contribution in [3.8, 4) is 0 Å². The number of carbonyl (C=O) groups is 3. The Morgan fingerprint density at radius 3 is 2.57 bits per heavy atom. The lowest BCUT2D eigenvalue weighted by Gasteiger charge is -2.30. The molecule has 1 aromatic carbocycles. The van der Waals surface area contributed by atoms with Crippen molar-refractivity contribution < 1.29 is 14.4 Å². The van der Waals surface area contributed by atoms with Crippen molar-refractivity contribution in [1.82, 2.24) is 4.90 Å². The molecule has 1 aliphatic rings. The van der Waals surface area contributed by atoms with Gasteiger partial charge in [0.2, 0.25) is 17.7 Å². The molecule has 1 fully saturated rings. The smallest absolute Gasteiger partial charge is 0.246 e. The number of piperidine rings is 1. The van der Waals surface area contributed by atoms with Crippen molar-refractivity contribution in [3.63, 3.8) is 0 Å². The van der Waals surface area contributed by atoms with E-state index < -0.39 is 0 Å². The van der Waals surface area contributed by atoms with Crippen LogP contribution in [-0.4, -0.2) is 35.7 Å². The first-order chi connectivity index (χ1) is 11.0. The monoisotopic (exact) mass is 315 g/mol. The van der Waals surface area contributed by atoms with Crippen LogP contribution in [0.2, 0.25) is 0 Å². The predicted octanol–water partition coefficient (Wildman–Crippen LogP) is 1.38. The van der Waals surface area contributed by atoms with Crippen molar-refractivity contribution in [3.05, 3.63) is 35.9 Å². The SMILES string of the molecule is CC(=O)Nc1ccc(/C=C/C(=O)N2CCCC(C(N)=O)C2)cc1. The van der Waals surface area contributed by atoms with E-state index in [4.69, 9.17) is 5.73 Å². The summed E-state index contributed by atoms with van der Waals surface area (Å²) in [6.45, 7) is 2.48. The van der Waals surface area contributed by atoms with Gasteiger partial charge in [0.25, 0.3) is 0 Å². The number of hydrogen-bond acceptors (Lipinski definition) is 3. The average molecular weight is 315 g/mol. The number of primary amides is 1. The molecule has 3 amide bonds. The van der Waals surface area contributed by atoms with Crippen LogP contribution < -0.4 is 11.1 Å². The fourth-order valence-electron chi connectivity index (χ4n) is 2.56. The van der Waals surface area contributed by atoms with Crippen LogP contribution in [0.1, 0.15) is 25.3 Å². The molecule has 1 aromatic rings. The summed E-state index contributed by atoms with van der Waals surface area (Å²) in [5.74, 6) is -0.850. The van der Waals surface area contributed by atoms with Gasteiger partial charge in [0.15, 0.2) is 0 Å². The highest BCUT2D eigenvalue weighted by Gasteiger charge is 2.25. The lowest BCUT2D eigenvalue weighted by molar-refractivity contribution is -0.130. The number of carbonyl (C=O) groups excluding carboxylic acids is 3. The second-order valence-electron chi connectivity index (χ2n) is 5.66. The van der Waals surface area contributed by atoms with Crippen LogP contribution in [-0.2, 0) is 14.4 Å². The Bertz CT molecular complexity index is 622. The number of likely N-dealkylation sites (tertiary alicyclic amines) is 1. The van der Waals surface area contributed by atoms with Crippen LogP contribution in [0.5, 0.6) is 0 Å². The van der Waals surface area contributed by atoms with Crippen molar-refractivity contribution >= 4 is 29.5 Å². The molecule has 1 aliphatic heterocycles. The topological polar surface area (TPSA) is 92.5 Å². The van der Waals surface area contributed by atoms with E-state index in [-0.39, 0.29) is 23.6 Å². The highest BCUT2D eigenvalue weighted by atomic mass is 16.2. The highest BCUT2D eigenvalue weighted by Crippen LogP contribution is 2.17. The van der Waals surface area contributed by atoms with Crippen LogP contribution in [0.4, 0.5) is 5.69 Å². The first-order valence-electron chi connectivity index (χ1n) is 7.59. The Balaban J connectivity index is 1.95. The molecular formula is C17H21N3O3. The molecule has 122 valence electrons. The molecule has 0 radical (unpaired) electrons. The predicted molar refractivity (Wildman–Crippen MR) is 88.3 cm³/mol. The third-order valence-corrected chi connectivity index (χ3v) is 3.78. The standard InChI is InChI=1S/C17H21N3O3/c1-12(21)19-15-7-4-13(5-8-15)6-9-16(22)20-10-2-3-14(11-20)17(18)23/h4-9,14H,2-3,10-11H2,1H3,(H2,18,23)(H,19,21)/b9-6+. The molecule has 0 aliphatic carbocycles. The number of benzene rings is 1. The van der Waals surface area contributed by atoms with Crippen molar-refractivity contribution in [2.45, 2.75) is 19.8 Å². The van der Waals surface area contributed by atoms with E-state index in [2.05, 4.69) is 5.32 Å². The molecule has 0 saturated carbocycles. The van der Waals surface area contributed by atoms with Gasteiger partial charge in [-0.2, -0.15) is 0 Å². The number of nitrogens with zero attached hydrogens (tertiary/aromatic N) is 1. The van der Waals surface area contributed by atoms with E-state index >= 15 is 0 Å². The Labute approximate surface area is 135 Å². The maximum atomic E-state index is 12.2. The van der Waals surface area contributed by atoms with Gasteiger partial charge in [-0.1, -0.05) is 12.1 Å². The molecule has 6 heteroatoms. The van der Waals surface area contributed by atoms with Gasteiger partial charge in [0, 0.05) is 31.8 Å². The van der Waals surface area contributed by atoms with Crippen molar-refractivity contribution in [2.24, 2.45) is 11.7 Å². The molecule has 2 rings (SSSR count). The first-order valence-corrected chi connectivity index (χ1v) is 7.59. The zero-order valence-corrected chi connectivity index (χ0v) is 13.1. The molecular weight excluding hydrogens is 294 g/mol. The van der Waals surface area contributed by atoms with Crippen LogP contribution in [0.15, 0.2) is 30.3 Å². The third-order valence-electron chi connectivity index (χ3n) is 3.78. The van der Waals surface area contributed by atoms with E-state index in [1.807, 2.05) is 12.1 Å². The van der Waals surface area contributed by atoms with E-state index in [1.54, 1.807) is 23.1 Å². The van der Waals surface area contributed by atoms with Gasteiger partial charge in [-0.3, -0.25) is 14.4 Å². The number of hydrogen-bond donors (Lipinski definition) is 2. The first kappa shape index (κ1) is 16.7. The fraction of sp³-hybridized carbons (Fsp3) is 0.353. The van der Waals surface area contributed by atoms with Crippen molar-refractivity contribution in [1.29, 1.82) is 0 Å². The minimum atomic E-state index is -0.347. The van der Waals surface area contributed by atoms with Crippen LogP contribution >= 0.6 is 0 Å². The summed E-state index contributed by atoms with van der Waals surface area (Å²) in [7, 11) is 0. The largest absolute Gasteiger partial charge is 0.369 e. The van der Waals surface area contributed by atoms with E-state index in [1.165, 1.54) is 13.0 Å². The summed E-state index contributed by atoms with van der Waals surface area (Å²) in [5, 5.41) is 2.68. The summed E-state index contributed by atoms with van der Waals surface area (Å²) in [5.41, 5.74) is 6.89. The van der Waals surface area contributed by atoms with Crippen LogP contribution in [0.25, 0.3) is 6.08 Å². The lowest BCUT2D eigenvalue weighted by Crippen LogP contribution is -2.43. The number of anilines is 1. The lowest BCUT2D eigenvalue weighted by atomic mass is 9.97. The molecule has 1 saturated heterocycles. The minimum Gasteiger partial charge on any atom is -0.369 e. The van der Waals surface area contributed by atoms with Crippen molar-refractivity contribution in [2.75, 3.05) is 18.4 Å². The minimum absolute atomic E-state index is 0.123. The maximum absolute atomic E-state index is 12.2. The number of amides is 3. The summed E-state index contributed by atoms with van der Waals surface area (Å²) in [6.07, 6.45) is 4.75. The van der Waals surface area contributed by atoms with Gasteiger partial charge in [-0.15, -0.1) is 0 Å². The van der Waals surface area contributed by atoms with Gasteiger partial charge in [0.1, 0.15) is 0 Å². The molecule has 0 bridgehead atoms. The zero-order valence-electron chi connectivity index (χ0n) is 13.1. The van der Waals surface area contributed by atoms with E-state index in [0.717, 1.165) is 18.4 Å². The highest BCUT2D eigenvalue weighted by molar-refractivity contribution is 5.92. The molecule has 1 unspecified atom stereocenters. The van der Waals surface area contributed by atoms with Gasteiger partial charge in [0.05, 0.1) is 5.92 Å². The Kier molecular flexibility index (Phi) is 5.51. The summed E-state index contributed by atoms with van der Waals surface area (Å²) in [4.78, 5) is 36.0. The van der Waals surface area contributed by atoms with E-state index in [9.17, 15) is 14.4 Å². The second-order valence-corrected chi connectivity index (χ2v) is 5.66. The molecule has 1 heterocycles. The van der Waals surface area contributed by atoms with Crippen LogP contribution in [0, 0.1) is 5.92 Å². The maximum Gasteiger partial charge on any atom is 0.246 e. The third kappa shape index (κ3) is 4.95. The molecule has 23 heavy (non-hydrogen) atoms. The zero-order chi connectivity index (χ0) is 16.8. The Hall–Kier alpha value is -2.63. The molecule has 6 nitrogen and oxygen atoms in total. The number of nitrogens with two attached hydrogens (primary N) is 1. The Morgan fingerprint density at radius 1 is 1.26 bits per heavy atom. The molecule has 0 aromatic heterocycles. The van der Waals surface area contributed by atoms with Gasteiger partial charge >= 0.3 is 0 Å². The summed E-state index contributed by atoms with van der Waals surface area (Å²) < 4.78 is 0. The van der Waals surface area contributed by atoms with Gasteiger partial charge in [-0.25, -0.2) is 0 Å². The van der Waals surface area contributed by atoms with E-state index in [0.29, 0.717) is 18.8 Å².